The molecule has 4 nitrogen and oxygen atoms in total. The minimum atomic E-state index is -0.830. The molecule has 1 aromatic carbocycles. The van der Waals surface area contributed by atoms with Crippen molar-refractivity contribution in [3.8, 4) is 11.8 Å². The van der Waals surface area contributed by atoms with Gasteiger partial charge in [0.05, 0.1) is 18.1 Å². The molecule has 1 N–H and O–H groups in total. The number of nitrogens with zero attached hydrogens (tertiary/aromatic N) is 1. The number of carboxylic acids is 1. The van der Waals surface area contributed by atoms with Crippen LogP contribution in [0.15, 0.2) is 12.1 Å². The van der Waals surface area contributed by atoms with E-state index in [0.29, 0.717) is 5.56 Å². The summed E-state index contributed by atoms with van der Waals surface area (Å²) >= 11 is 0. The lowest BCUT2D eigenvalue weighted by Crippen LogP contribution is -2.45. The van der Waals surface area contributed by atoms with Crippen molar-refractivity contribution < 1.29 is 14.6 Å². The molecule has 0 aromatic heterocycles. The van der Waals surface area contributed by atoms with Crippen molar-refractivity contribution in [1.82, 2.24) is 0 Å². The summed E-state index contributed by atoms with van der Waals surface area (Å²) in [5.41, 5.74) is 1.81. The van der Waals surface area contributed by atoms with E-state index in [0.717, 1.165) is 36.1 Å². The zero-order valence-corrected chi connectivity index (χ0v) is 11.2. The Bertz CT molecular complexity index is 530. The van der Waals surface area contributed by atoms with Crippen LogP contribution in [0.2, 0.25) is 0 Å². The molecule has 1 aliphatic carbocycles. The summed E-state index contributed by atoms with van der Waals surface area (Å²) in [7, 11) is 0. The van der Waals surface area contributed by atoms with Crippen molar-refractivity contribution in [2.45, 2.75) is 45.1 Å². The fourth-order valence-corrected chi connectivity index (χ4v) is 2.55. The first-order valence-electron chi connectivity index (χ1n) is 6.38. The minimum absolute atomic E-state index is 0.0336. The molecule has 100 valence electrons. The molecule has 1 saturated carbocycles. The molecular formula is C15H17NO3. The van der Waals surface area contributed by atoms with Gasteiger partial charge in [-0.3, -0.25) is 4.79 Å². The summed E-state index contributed by atoms with van der Waals surface area (Å²) in [5.74, 6) is -0.108. The van der Waals surface area contributed by atoms with Gasteiger partial charge in [-0.05, 0) is 56.4 Å². The summed E-state index contributed by atoms with van der Waals surface area (Å²) in [4.78, 5) is 10.9. The number of hydrogen-bond acceptors (Lipinski definition) is 3. The van der Waals surface area contributed by atoms with Crippen LogP contribution in [0.1, 0.15) is 42.4 Å². The lowest BCUT2D eigenvalue weighted by atomic mass is 9.77. The number of nitriles is 1. The highest BCUT2D eigenvalue weighted by Crippen LogP contribution is 2.41. The minimum Gasteiger partial charge on any atom is -0.486 e. The molecule has 19 heavy (non-hydrogen) atoms. The molecule has 0 bridgehead atoms. The van der Waals surface area contributed by atoms with Crippen LogP contribution in [-0.2, 0) is 4.79 Å². The van der Waals surface area contributed by atoms with Gasteiger partial charge in [-0.2, -0.15) is 5.26 Å². The molecule has 0 saturated heterocycles. The van der Waals surface area contributed by atoms with E-state index < -0.39 is 11.6 Å². The monoisotopic (exact) mass is 259 g/mol. The van der Waals surface area contributed by atoms with Crippen LogP contribution in [-0.4, -0.2) is 16.7 Å². The van der Waals surface area contributed by atoms with Gasteiger partial charge in [0.1, 0.15) is 11.4 Å². The van der Waals surface area contributed by atoms with E-state index in [1.165, 1.54) is 0 Å². The average Bonchev–Trinajstić information content (AvgIpc) is 2.29. The number of carboxylic acid groups (broad SMARTS) is 1. The van der Waals surface area contributed by atoms with Gasteiger partial charge in [-0.15, -0.1) is 0 Å². The van der Waals surface area contributed by atoms with Gasteiger partial charge < -0.3 is 9.84 Å². The summed E-state index contributed by atoms with van der Waals surface area (Å²) in [6.45, 7) is 3.77. The molecular weight excluding hydrogens is 242 g/mol. The van der Waals surface area contributed by atoms with Crippen molar-refractivity contribution in [2.75, 3.05) is 0 Å². The highest BCUT2D eigenvalue weighted by atomic mass is 16.5. The fourth-order valence-electron chi connectivity index (χ4n) is 2.55. The van der Waals surface area contributed by atoms with Crippen LogP contribution in [0, 0.1) is 25.2 Å². The first-order valence-corrected chi connectivity index (χ1v) is 6.38. The SMILES string of the molecule is Cc1cc(C#N)cc(C)c1OC1(CC(=O)O)CCC1. The van der Waals surface area contributed by atoms with Crippen LogP contribution < -0.4 is 4.74 Å². The lowest BCUT2D eigenvalue weighted by molar-refractivity contribution is -0.144. The third kappa shape index (κ3) is 2.70. The molecule has 0 heterocycles. The summed E-state index contributed by atoms with van der Waals surface area (Å²) < 4.78 is 6.02. The Morgan fingerprint density at radius 1 is 1.42 bits per heavy atom. The zero-order valence-electron chi connectivity index (χ0n) is 11.2. The van der Waals surface area contributed by atoms with E-state index in [1.807, 2.05) is 13.8 Å². The number of benzene rings is 1. The largest absolute Gasteiger partial charge is 0.486 e. The maximum Gasteiger partial charge on any atom is 0.307 e. The predicted octanol–water partition coefficient (Wildman–Crippen LogP) is 2.95. The summed E-state index contributed by atoms with van der Waals surface area (Å²) in [6.07, 6.45) is 2.59. The van der Waals surface area contributed by atoms with Gasteiger partial charge in [-0.1, -0.05) is 0 Å². The molecule has 2 rings (SSSR count). The number of rotatable bonds is 4. The number of hydrogen-bond donors (Lipinski definition) is 1. The van der Waals surface area contributed by atoms with Crippen molar-refractivity contribution >= 4 is 5.97 Å². The second-order valence-corrected chi connectivity index (χ2v) is 5.26. The lowest BCUT2D eigenvalue weighted by Gasteiger charge is -2.41. The van der Waals surface area contributed by atoms with Crippen LogP contribution in [0.5, 0.6) is 5.75 Å². The van der Waals surface area contributed by atoms with E-state index in [1.54, 1.807) is 12.1 Å². The van der Waals surface area contributed by atoms with E-state index >= 15 is 0 Å². The summed E-state index contributed by atoms with van der Waals surface area (Å²) in [6, 6.07) is 5.66. The number of ether oxygens (including phenoxy) is 1. The second-order valence-electron chi connectivity index (χ2n) is 5.26. The molecule has 0 spiro atoms. The Hall–Kier alpha value is -2.02. The van der Waals surface area contributed by atoms with Crippen LogP contribution in [0.3, 0.4) is 0 Å². The Morgan fingerprint density at radius 3 is 2.37 bits per heavy atom. The number of carbonyl (C=O) groups is 1. The van der Waals surface area contributed by atoms with Crippen LogP contribution in [0.25, 0.3) is 0 Å². The predicted molar refractivity (Wildman–Crippen MR) is 70.1 cm³/mol. The molecule has 0 unspecified atom stereocenters. The molecule has 0 aliphatic heterocycles. The van der Waals surface area contributed by atoms with E-state index in [2.05, 4.69) is 6.07 Å². The molecule has 1 fully saturated rings. The normalized spacial score (nSPS) is 16.3. The number of aryl methyl sites for hydroxylation is 2. The number of aliphatic carboxylic acids is 1. The molecule has 0 amide bonds. The first kappa shape index (κ1) is 13.4. The molecule has 1 aliphatic rings. The van der Waals surface area contributed by atoms with E-state index in [4.69, 9.17) is 15.1 Å². The summed E-state index contributed by atoms with van der Waals surface area (Å²) in [5, 5.41) is 17.9. The third-order valence-corrected chi connectivity index (χ3v) is 3.65. The van der Waals surface area contributed by atoms with Gasteiger partial charge in [0.25, 0.3) is 0 Å². The Labute approximate surface area is 112 Å². The Balaban J connectivity index is 2.28. The third-order valence-electron chi connectivity index (χ3n) is 3.65. The van der Waals surface area contributed by atoms with Crippen LogP contribution >= 0.6 is 0 Å². The fraction of sp³-hybridized carbons (Fsp3) is 0.467. The quantitative estimate of drug-likeness (QED) is 0.902. The topological polar surface area (TPSA) is 70.3 Å². The van der Waals surface area contributed by atoms with Crippen molar-refractivity contribution in [3.63, 3.8) is 0 Å². The molecule has 1 aromatic rings. The van der Waals surface area contributed by atoms with Crippen molar-refractivity contribution in [3.05, 3.63) is 28.8 Å². The maximum absolute atomic E-state index is 10.9. The maximum atomic E-state index is 10.9. The molecule has 4 heteroatoms. The highest BCUT2D eigenvalue weighted by Gasteiger charge is 2.42. The van der Waals surface area contributed by atoms with Crippen molar-refractivity contribution in [2.24, 2.45) is 0 Å². The standard InChI is InChI=1S/C15H17NO3/c1-10-6-12(9-16)7-11(2)14(10)19-15(4-3-5-15)8-13(17)18/h6-7H,3-5,8H2,1-2H3,(H,17,18). The average molecular weight is 259 g/mol. The van der Waals surface area contributed by atoms with E-state index in [9.17, 15) is 4.79 Å². The van der Waals surface area contributed by atoms with E-state index in [-0.39, 0.29) is 6.42 Å². The molecule has 0 radical (unpaired) electrons. The van der Waals surface area contributed by atoms with Gasteiger partial charge in [0.15, 0.2) is 0 Å². The van der Waals surface area contributed by atoms with Gasteiger partial charge in [-0.25, -0.2) is 0 Å². The first-order chi connectivity index (χ1) is 8.96. The van der Waals surface area contributed by atoms with Gasteiger partial charge in [0, 0.05) is 0 Å². The van der Waals surface area contributed by atoms with Gasteiger partial charge in [0.2, 0.25) is 0 Å². The second kappa shape index (κ2) is 4.93. The molecule has 0 atom stereocenters. The Kier molecular flexibility index (Phi) is 3.48. The Morgan fingerprint density at radius 2 is 2.00 bits per heavy atom. The van der Waals surface area contributed by atoms with Crippen molar-refractivity contribution in [1.29, 1.82) is 5.26 Å². The highest BCUT2D eigenvalue weighted by molar-refractivity contribution is 5.68. The van der Waals surface area contributed by atoms with Crippen LogP contribution in [0.4, 0.5) is 0 Å². The zero-order chi connectivity index (χ0) is 14.0. The van der Waals surface area contributed by atoms with Gasteiger partial charge >= 0.3 is 5.97 Å². The smallest absolute Gasteiger partial charge is 0.307 e.